The predicted molar refractivity (Wildman–Crippen MR) is 78.3 cm³/mol. The van der Waals surface area contributed by atoms with Crippen molar-refractivity contribution in [1.82, 2.24) is 0 Å². The van der Waals surface area contributed by atoms with Crippen LogP contribution in [0, 0.1) is 0 Å². The molecule has 0 fully saturated rings. The van der Waals surface area contributed by atoms with Gasteiger partial charge in [-0.25, -0.2) is 0 Å². The number of aromatic hydroxyl groups is 2. The van der Waals surface area contributed by atoms with Crippen molar-refractivity contribution < 1.29 is 10.2 Å². The van der Waals surface area contributed by atoms with Gasteiger partial charge in [-0.3, -0.25) is 0 Å². The Morgan fingerprint density at radius 1 is 0.824 bits per heavy atom. The third kappa shape index (κ3) is 2.67. The van der Waals surface area contributed by atoms with Gasteiger partial charge in [-0.1, -0.05) is 22.0 Å². The second-order valence-electron chi connectivity index (χ2n) is 3.45. The SMILES string of the molecule is Oc1ccc(-c2cc(Br)cc(Br)c2O)cc1Br. The van der Waals surface area contributed by atoms with Crippen LogP contribution in [0.5, 0.6) is 11.5 Å². The van der Waals surface area contributed by atoms with E-state index in [0.29, 0.717) is 14.5 Å². The number of phenols is 2. The van der Waals surface area contributed by atoms with Gasteiger partial charge in [0.1, 0.15) is 11.5 Å². The number of rotatable bonds is 1. The van der Waals surface area contributed by atoms with E-state index in [9.17, 15) is 10.2 Å². The summed E-state index contributed by atoms with van der Waals surface area (Å²) in [6, 6.07) is 8.66. The summed E-state index contributed by atoms with van der Waals surface area (Å²) in [6.45, 7) is 0. The molecule has 0 saturated heterocycles. The maximum Gasteiger partial charge on any atom is 0.137 e. The molecule has 0 aliphatic carbocycles. The zero-order valence-corrected chi connectivity index (χ0v) is 13.2. The highest BCUT2D eigenvalue weighted by molar-refractivity contribution is 9.11. The lowest BCUT2D eigenvalue weighted by molar-refractivity contribution is 0.470. The van der Waals surface area contributed by atoms with Crippen LogP contribution in [0.25, 0.3) is 11.1 Å². The number of phenolic OH excluding ortho intramolecular Hbond substituents is 2. The van der Waals surface area contributed by atoms with Crippen molar-refractivity contribution >= 4 is 47.8 Å². The Morgan fingerprint density at radius 2 is 1.53 bits per heavy atom. The lowest BCUT2D eigenvalue weighted by Gasteiger charge is -2.08. The van der Waals surface area contributed by atoms with Gasteiger partial charge in [0.2, 0.25) is 0 Å². The fourth-order valence-electron chi connectivity index (χ4n) is 1.46. The Morgan fingerprint density at radius 3 is 2.18 bits per heavy atom. The third-order valence-electron chi connectivity index (χ3n) is 2.29. The highest BCUT2D eigenvalue weighted by atomic mass is 79.9. The van der Waals surface area contributed by atoms with Crippen molar-refractivity contribution in [2.45, 2.75) is 0 Å². The predicted octanol–water partition coefficient (Wildman–Crippen LogP) is 5.05. The second kappa shape index (κ2) is 5.00. The van der Waals surface area contributed by atoms with Crippen molar-refractivity contribution in [3.63, 3.8) is 0 Å². The van der Waals surface area contributed by atoms with Gasteiger partial charge in [-0.05, 0) is 61.7 Å². The van der Waals surface area contributed by atoms with Crippen LogP contribution in [0.15, 0.2) is 43.7 Å². The average Bonchev–Trinajstić information content (AvgIpc) is 2.27. The molecule has 0 aliphatic heterocycles. The Balaban J connectivity index is 2.64. The summed E-state index contributed by atoms with van der Waals surface area (Å²) >= 11 is 9.91. The van der Waals surface area contributed by atoms with Crippen LogP contribution < -0.4 is 0 Å². The zero-order valence-electron chi connectivity index (χ0n) is 8.42. The molecule has 0 atom stereocenters. The minimum atomic E-state index is 0.169. The van der Waals surface area contributed by atoms with Crippen molar-refractivity contribution in [2.24, 2.45) is 0 Å². The first-order valence-electron chi connectivity index (χ1n) is 4.66. The molecule has 0 heterocycles. The van der Waals surface area contributed by atoms with Crippen LogP contribution in [-0.4, -0.2) is 10.2 Å². The maximum absolute atomic E-state index is 9.99. The molecule has 0 bridgehead atoms. The molecule has 0 aromatic heterocycles. The van der Waals surface area contributed by atoms with Crippen LogP contribution in [0.3, 0.4) is 0 Å². The zero-order chi connectivity index (χ0) is 12.6. The second-order valence-corrected chi connectivity index (χ2v) is 6.07. The van der Waals surface area contributed by atoms with E-state index >= 15 is 0 Å². The summed E-state index contributed by atoms with van der Waals surface area (Å²) in [5.74, 6) is 0.341. The number of benzene rings is 2. The molecule has 5 heteroatoms. The van der Waals surface area contributed by atoms with E-state index in [1.807, 2.05) is 6.07 Å². The van der Waals surface area contributed by atoms with E-state index in [1.54, 1.807) is 24.3 Å². The highest BCUT2D eigenvalue weighted by Gasteiger charge is 2.10. The normalized spacial score (nSPS) is 10.5. The maximum atomic E-state index is 9.99. The quantitative estimate of drug-likeness (QED) is 0.675. The van der Waals surface area contributed by atoms with E-state index in [4.69, 9.17) is 0 Å². The molecule has 0 spiro atoms. The summed E-state index contributed by atoms with van der Waals surface area (Å²) in [7, 11) is 0. The number of halogens is 3. The summed E-state index contributed by atoms with van der Waals surface area (Å²) < 4.78 is 2.07. The summed E-state index contributed by atoms with van der Waals surface area (Å²) in [6.07, 6.45) is 0. The third-order valence-corrected chi connectivity index (χ3v) is 3.98. The Hall–Kier alpha value is -0.520. The Labute approximate surface area is 124 Å². The number of hydrogen-bond acceptors (Lipinski definition) is 2. The fourth-order valence-corrected chi connectivity index (χ4v) is 3.06. The Bertz CT molecular complexity index is 582. The van der Waals surface area contributed by atoms with Gasteiger partial charge < -0.3 is 10.2 Å². The van der Waals surface area contributed by atoms with Gasteiger partial charge in [0.05, 0.1) is 8.95 Å². The summed E-state index contributed by atoms with van der Waals surface area (Å²) in [4.78, 5) is 0. The Kier molecular flexibility index (Phi) is 3.80. The molecular formula is C12H7Br3O2. The minimum Gasteiger partial charge on any atom is -0.507 e. The van der Waals surface area contributed by atoms with Crippen LogP contribution in [0.4, 0.5) is 0 Å². The van der Waals surface area contributed by atoms with Crippen LogP contribution >= 0.6 is 47.8 Å². The smallest absolute Gasteiger partial charge is 0.137 e. The van der Waals surface area contributed by atoms with Crippen LogP contribution in [-0.2, 0) is 0 Å². The molecule has 2 aromatic carbocycles. The van der Waals surface area contributed by atoms with Gasteiger partial charge in [-0.2, -0.15) is 0 Å². The molecule has 2 rings (SSSR count). The average molecular weight is 423 g/mol. The largest absolute Gasteiger partial charge is 0.507 e. The van der Waals surface area contributed by atoms with Gasteiger partial charge in [-0.15, -0.1) is 0 Å². The fraction of sp³-hybridized carbons (Fsp3) is 0. The van der Waals surface area contributed by atoms with Crippen molar-refractivity contribution in [3.8, 4) is 22.6 Å². The lowest BCUT2D eigenvalue weighted by Crippen LogP contribution is -1.82. The van der Waals surface area contributed by atoms with Gasteiger partial charge in [0.25, 0.3) is 0 Å². The number of hydrogen-bond donors (Lipinski definition) is 2. The molecule has 0 saturated carbocycles. The van der Waals surface area contributed by atoms with E-state index < -0.39 is 0 Å². The summed E-state index contributed by atoms with van der Waals surface area (Å²) in [5.41, 5.74) is 1.50. The molecule has 0 aliphatic rings. The molecule has 2 nitrogen and oxygen atoms in total. The van der Waals surface area contributed by atoms with Crippen molar-refractivity contribution in [1.29, 1.82) is 0 Å². The molecule has 0 amide bonds. The molecule has 0 unspecified atom stereocenters. The van der Waals surface area contributed by atoms with Crippen molar-refractivity contribution in [3.05, 3.63) is 43.7 Å². The standard InChI is InChI=1S/C12H7Br3O2/c13-7-4-8(12(17)10(15)5-7)6-1-2-11(16)9(14)3-6/h1-5,16-17H. The molecule has 17 heavy (non-hydrogen) atoms. The monoisotopic (exact) mass is 420 g/mol. The topological polar surface area (TPSA) is 40.5 Å². The van der Waals surface area contributed by atoms with Gasteiger partial charge in [0, 0.05) is 10.0 Å². The summed E-state index contributed by atoms with van der Waals surface area (Å²) in [5, 5.41) is 19.4. The molecular weight excluding hydrogens is 416 g/mol. The van der Waals surface area contributed by atoms with E-state index in [0.717, 1.165) is 10.0 Å². The molecule has 88 valence electrons. The van der Waals surface area contributed by atoms with E-state index in [1.165, 1.54) is 0 Å². The van der Waals surface area contributed by atoms with E-state index in [2.05, 4.69) is 47.8 Å². The highest BCUT2D eigenvalue weighted by Crippen LogP contribution is 2.40. The van der Waals surface area contributed by atoms with Crippen LogP contribution in [0.2, 0.25) is 0 Å². The molecule has 2 aromatic rings. The molecule has 2 N–H and O–H groups in total. The lowest BCUT2D eigenvalue weighted by atomic mass is 10.0. The van der Waals surface area contributed by atoms with Gasteiger partial charge >= 0.3 is 0 Å². The first-order chi connectivity index (χ1) is 7.99. The van der Waals surface area contributed by atoms with E-state index in [-0.39, 0.29) is 11.5 Å². The first kappa shape index (κ1) is 12.9. The van der Waals surface area contributed by atoms with Crippen LogP contribution in [0.1, 0.15) is 0 Å². The molecule has 0 radical (unpaired) electrons. The van der Waals surface area contributed by atoms with Gasteiger partial charge in [0.15, 0.2) is 0 Å². The minimum absolute atomic E-state index is 0.169. The first-order valence-corrected chi connectivity index (χ1v) is 7.04. The van der Waals surface area contributed by atoms with Crippen molar-refractivity contribution in [2.75, 3.05) is 0 Å².